The summed E-state index contributed by atoms with van der Waals surface area (Å²) in [5.74, 6) is -0.580. The number of rotatable bonds is 2. The SMILES string of the molecule is Cc1[nH]c(=O)sc1C(=O)N1CCC(C(N)=O)CC1. The average Bonchev–Trinajstić information content (AvgIpc) is 2.67. The van der Waals surface area contributed by atoms with Crippen molar-refractivity contribution < 1.29 is 9.59 Å². The molecule has 0 atom stereocenters. The first-order valence-electron chi connectivity index (χ1n) is 5.77. The van der Waals surface area contributed by atoms with Gasteiger partial charge in [-0.15, -0.1) is 0 Å². The first kappa shape index (κ1) is 12.8. The summed E-state index contributed by atoms with van der Waals surface area (Å²) in [7, 11) is 0. The number of primary amides is 1. The largest absolute Gasteiger partial charge is 0.369 e. The summed E-state index contributed by atoms with van der Waals surface area (Å²) in [6.45, 7) is 2.73. The molecule has 0 aliphatic carbocycles. The van der Waals surface area contributed by atoms with Crippen molar-refractivity contribution >= 4 is 23.2 Å². The normalized spacial score (nSPS) is 16.8. The molecule has 0 aromatic carbocycles. The molecule has 6 nitrogen and oxygen atoms in total. The third kappa shape index (κ3) is 2.45. The predicted molar refractivity (Wildman–Crippen MR) is 67.5 cm³/mol. The van der Waals surface area contributed by atoms with Gasteiger partial charge in [-0.2, -0.15) is 0 Å². The molecule has 18 heavy (non-hydrogen) atoms. The van der Waals surface area contributed by atoms with Crippen LogP contribution >= 0.6 is 11.3 Å². The highest BCUT2D eigenvalue weighted by atomic mass is 32.1. The number of aryl methyl sites for hydroxylation is 1. The van der Waals surface area contributed by atoms with E-state index in [4.69, 9.17) is 5.73 Å². The summed E-state index contributed by atoms with van der Waals surface area (Å²) >= 11 is 0.929. The fourth-order valence-corrected chi connectivity index (χ4v) is 2.93. The Morgan fingerprint density at radius 1 is 1.39 bits per heavy atom. The van der Waals surface area contributed by atoms with Crippen molar-refractivity contribution in [3.8, 4) is 0 Å². The Morgan fingerprint density at radius 2 is 2.00 bits per heavy atom. The van der Waals surface area contributed by atoms with Crippen LogP contribution in [0.15, 0.2) is 4.79 Å². The topological polar surface area (TPSA) is 96.3 Å². The second-order valence-electron chi connectivity index (χ2n) is 4.44. The number of thiazole rings is 1. The summed E-state index contributed by atoms with van der Waals surface area (Å²) in [6, 6.07) is 0. The van der Waals surface area contributed by atoms with Gasteiger partial charge in [0.15, 0.2) is 0 Å². The molecule has 98 valence electrons. The maximum atomic E-state index is 12.2. The first-order chi connectivity index (χ1) is 8.49. The molecule has 0 unspecified atom stereocenters. The van der Waals surface area contributed by atoms with Crippen molar-refractivity contribution in [1.29, 1.82) is 0 Å². The molecular weight excluding hydrogens is 254 g/mol. The van der Waals surface area contributed by atoms with Crippen LogP contribution in [0.4, 0.5) is 0 Å². The van der Waals surface area contributed by atoms with Crippen molar-refractivity contribution in [2.75, 3.05) is 13.1 Å². The van der Waals surface area contributed by atoms with Gasteiger partial charge in [-0.1, -0.05) is 11.3 Å². The van der Waals surface area contributed by atoms with Gasteiger partial charge in [0.1, 0.15) is 4.88 Å². The zero-order valence-corrected chi connectivity index (χ0v) is 10.9. The number of nitrogens with zero attached hydrogens (tertiary/aromatic N) is 1. The third-order valence-corrected chi connectivity index (χ3v) is 4.18. The van der Waals surface area contributed by atoms with E-state index >= 15 is 0 Å². The van der Waals surface area contributed by atoms with Crippen LogP contribution in [0.25, 0.3) is 0 Å². The number of nitrogens with one attached hydrogen (secondary N) is 1. The number of hydrogen-bond acceptors (Lipinski definition) is 4. The number of amides is 2. The van der Waals surface area contributed by atoms with Crippen molar-refractivity contribution in [3.05, 3.63) is 20.2 Å². The summed E-state index contributed by atoms with van der Waals surface area (Å²) < 4.78 is 0. The van der Waals surface area contributed by atoms with Gasteiger partial charge in [-0.25, -0.2) is 0 Å². The van der Waals surface area contributed by atoms with Crippen LogP contribution in [0.5, 0.6) is 0 Å². The van der Waals surface area contributed by atoms with Crippen LogP contribution in [0.3, 0.4) is 0 Å². The van der Waals surface area contributed by atoms with Crippen LogP contribution in [0.1, 0.15) is 28.2 Å². The van der Waals surface area contributed by atoms with Crippen molar-refractivity contribution in [2.45, 2.75) is 19.8 Å². The van der Waals surface area contributed by atoms with E-state index in [0.717, 1.165) is 11.3 Å². The number of aromatic nitrogens is 1. The highest BCUT2D eigenvalue weighted by Crippen LogP contribution is 2.20. The molecule has 1 aromatic rings. The molecule has 2 rings (SSSR count). The predicted octanol–water partition coefficient (Wildman–Crippen LogP) is 0.0823. The minimum atomic E-state index is -0.301. The van der Waals surface area contributed by atoms with Crippen molar-refractivity contribution in [2.24, 2.45) is 11.7 Å². The van der Waals surface area contributed by atoms with Gasteiger partial charge in [0, 0.05) is 24.7 Å². The van der Waals surface area contributed by atoms with Gasteiger partial charge in [0.05, 0.1) is 0 Å². The fraction of sp³-hybridized carbons (Fsp3) is 0.545. The number of nitrogens with two attached hydrogens (primary N) is 1. The molecule has 3 N–H and O–H groups in total. The first-order valence-corrected chi connectivity index (χ1v) is 6.59. The van der Waals surface area contributed by atoms with Crippen molar-refractivity contribution in [3.63, 3.8) is 0 Å². The minimum absolute atomic E-state index is 0.139. The van der Waals surface area contributed by atoms with E-state index in [-0.39, 0.29) is 22.6 Å². The van der Waals surface area contributed by atoms with E-state index < -0.39 is 0 Å². The van der Waals surface area contributed by atoms with Gasteiger partial charge in [0.2, 0.25) is 5.91 Å². The van der Waals surface area contributed by atoms with Crippen LogP contribution in [0.2, 0.25) is 0 Å². The van der Waals surface area contributed by atoms with Crippen LogP contribution < -0.4 is 10.6 Å². The van der Waals surface area contributed by atoms with Crippen LogP contribution in [-0.2, 0) is 4.79 Å². The van der Waals surface area contributed by atoms with Crippen molar-refractivity contribution in [1.82, 2.24) is 9.88 Å². The Bertz CT molecular complexity index is 526. The molecule has 1 aromatic heterocycles. The number of carbonyl (C=O) groups excluding carboxylic acids is 2. The minimum Gasteiger partial charge on any atom is -0.369 e. The van der Waals surface area contributed by atoms with E-state index in [1.54, 1.807) is 11.8 Å². The number of H-pyrrole nitrogens is 1. The highest BCUT2D eigenvalue weighted by Gasteiger charge is 2.28. The molecule has 1 saturated heterocycles. The number of carbonyl (C=O) groups is 2. The summed E-state index contributed by atoms with van der Waals surface area (Å²) in [5, 5.41) is 0. The molecule has 2 amide bonds. The van der Waals surface area contributed by atoms with E-state index in [1.807, 2.05) is 0 Å². The van der Waals surface area contributed by atoms with Gasteiger partial charge in [0.25, 0.3) is 5.91 Å². The second-order valence-corrected chi connectivity index (χ2v) is 5.42. The van der Waals surface area contributed by atoms with E-state index in [0.29, 0.717) is 36.5 Å². The Kier molecular flexibility index (Phi) is 3.51. The third-order valence-electron chi connectivity index (χ3n) is 3.20. The number of likely N-dealkylation sites (tertiary alicyclic amines) is 1. The van der Waals surface area contributed by atoms with Gasteiger partial charge in [-0.05, 0) is 19.8 Å². The Morgan fingerprint density at radius 3 is 2.44 bits per heavy atom. The molecule has 1 aliphatic heterocycles. The molecule has 0 saturated carbocycles. The zero-order chi connectivity index (χ0) is 13.3. The van der Waals surface area contributed by atoms with E-state index in [1.165, 1.54) is 0 Å². The maximum absolute atomic E-state index is 12.2. The molecule has 0 bridgehead atoms. The summed E-state index contributed by atoms with van der Waals surface area (Å²) in [5.41, 5.74) is 5.84. The molecule has 2 heterocycles. The number of hydrogen-bond donors (Lipinski definition) is 2. The van der Waals surface area contributed by atoms with Gasteiger partial charge < -0.3 is 15.6 Å². The Balaban J connectivity index is 2.06. The highest BCUT2D eigenvalue weighted by molar-refractivity contribution is 7.11. The molecule has 1 aliphatic rings. The lowest BCUT2D eigenvalue weighted by Gasteiger charge is -2.30. The van der Waals surface area contributed by atoms with Gasteiger partial charge in [-0.3, -0.25) is 14.4 Å². The zero-order valence-electron chi connectivity index (χ0n) is 10.1. The summed E-state index contributed by atoms with van der Waals surface area (Å²) in [4.78, 5) is 38.9. The maximum Gasteiger partial charge on any atom is 0.305 e. The lowest BCUT2D eigenvalue weighted by molar-refractivity contribution is -0.123. The molecule has 7 heteroatoms. The lowest BCUT2D eigenvalue weighted by Crippen LogP contribution is -2.41. The molecule has 0 spiro atoms. The molecule has 1 fully saturated rings. The van der Waals surface area contributed by atoms with E-state index in [9.17, 15) is 14.4 Å². The smallest absolute Gasteiger partial charge is 0.305 e. The van der Waals surface area contributed by atoms with Gasteiger partial charge >= 0.3 is 4.87 Å². The quantitative estimate of drug-likeness (QED) is 0.796. The second kappa shape index (κ2) is 4.93. The van der Waals surface area contributed by atoms with E-state index in [2.05, 4.69) is 4.98 Å². The number of aromatic amines is 1. The lowest BCUT2D eigenvalue weighted by atomic mass is 9.96. The molecule has 0 radical (unpaired) electrons. The molecular formula is C11H15N3O3S. The fourth-order valence-electron chi connectivity index (χ4n) is 2.12. The van der Waals surface area contributed by atoms with Crippen LogP contribution in [-0.4, -0.2) is 34.8 Å². The average molecular weight is 269 g/mol. The Labute approximate surface area is 108 Å². The summed E-state index contributed by atoms with van der Waals surface area (Å²) in [6.07, 6.45) is 1.19. The van der Waals surface area contributed by atoms with Crippen LogP contribution in [0, 0.1) is 12.8 Å². The monoisotopic (exact) mass is 269 g/mol. The standard InChI is InChI=1S/C11H15N3O3S/c1-6-8(18-11(17)13-6)10(16)14-4-2-7(3-5-14)9(12)15/h7H,2-5H2,1H3,(H2,12,15)(H,13,17). The number of piperidine rings is 1. The Hall–Kier alpha value is -1.63.